The summed E-state index contributed by atoms with van der Waals surface area (Å²) in [5.74, 6) is -0.939. The van der Waals surface area contributed by atoms with E-state index < -0.39 is 5.97 Å². The molecule has 3 aliphatic rings. The lowest BCUT2D eigenvalue weighted by Crippen LogP contribution is -2.73. The van der Waals surface area contributed by atoms with E-state index in [0.717, 1.165) is 25.7 Å². The number of carboxylic acids is 1. The number of nitrogens with zero attached hydrogens (tertiary/aromatic N) is 1. The van der Waals surface area contributed by atoms with Crippen molar-refractivity contribution in [2.24, 2.45) is 0 Å². The maximum atomic E-state index is 11.9. The predicted octanol–water partition coefficient (Wildman–Crippen LogP) is 1.78. The number of carboxylic acid groups (broad SMARTS) is 1. The van der Waals surface area contributed by atoms with E-state index in [2.05, 4.69) is 6.92 Å². The summed E-state index contributed by atoms with van der Waals surface area (Å²) in [6.45, 7) is 1.96. The van der Waals surface area contributed by atoms with Crippen molar-refractivity contribution in [1.29, 1.82) is 0 Å². The molecule has 0 aromatic carbocycles. The Labute approximate surface area is 110 Å². The quantitative estimate of drug-likeness (QED) is 0.346. The monoisotopic (exact) mass is 274 g/mol. The van der Waals surface area contributed by atoms with E-state index in [1.54, 1.807) is 0 Å². The van der Waals surface area contributed by atoms with Crippen molar-refractivity contribution < 1.29 is 19.2 Å². The van der Waals surface area contributed by atoms with E-state index >= 15 is 0 Å². The molecule has 3 atom stereocenters. The molecule has 3 heterocycles. The average Bonchev–Trinajstić information content (AvgIpc) is 2.67. The Morgan fingerprint density at radius 3 is 2.76 bits per heavy atom. The number of β-lactam (4-membered cyclic amide) rings is 1. The summed E-state index contributed by atoms with van der Waals surface area (Å²) in [5, 5.41) is 8.88. The number of amides is 1. The second-order valence-electron chi connectivity index (χ2n) is 4.63. The van der Waals surface area contributed by atoms with Crippen LogP contribution in [0.4, 0.5) is 0 Å². The van der Waals surface area contributed by atoms with Gasteiger partial charge in [-0.25, -0.2) is 9.59 Å². The van der Waals surface area contributed by atoms with Crippen LogP contribution in [0.15, 0.2) is 0 Å². The molecule has 4 nitrogen and oxygen atoms in total. The maximum absolute atomic E-state index is 11.9. The van der Waals surface area contributed by atoms with Crippen LogP contribution >= 0.6 is 24.0 Å². The molecule has 6 heteroatoms. The number of hydrogen-bond donors (Lipinski definition) is 1. The van der Waals surface area contributed by atoms with Gasteiger partial charge in [0.25, 0.3) is 0 Å². The van der Waals surface area contributed by atoms with Gasteiger partial charge in [0, 0.05) is 6.42 Å². The van der Waals surface area contributed by atoms with E-state index in [0.29, 0.717) is 4.32 Å². The Morgan fingerprint density at radius 1 is 1.53 bits per heavy atom. The van der Waals surface area contributed by atoms with Gasteiger partial charge in [0.1, 0.15) is 6.04 Å². The number of carbonyl (C=O) groups excluding carboxylic acids is 1. The first kappa shape index (κ1) is 13.0. The van der Waals surface area contributed by atoms with E-state index in [9.17, 15) is 9.59 Å². The number of thioether (sulfide) groups is 1. The molecule has 3 aliphatic heterocycles. The van der Waals surface area contributed by atoms with Gasteiger partial charge >= 0.3 is 11.9 Å². The van der Waals surface area contributed by atoms with Crippen molar-refractivity contribution in [3.05, 3.63) is 0 Å². The molecule has 0 aromatic heterocycles. The number of carbonyl (C=O) groups is 2. The van der Waals surface area contributed by atoms with E-state index in [1.807, 2.05) is 0 Å². The van der Waals surface area contributed by atoms with Crippen molar-refractivity contribution in [3.8, 4) is 0 Å². The summed E-state index contributed by atoms with van der Waals surface area (Å²) < 4.78 is 0.493. The minimum absolute atomic E-state index is 0.00361. The Bertz CT molecular complexity index is 375. The highest BCUT2D eigenvalue weighted by Crippen LogP contribution is 2.52. The lowest BCUT2D eigenvalue weighted by atomic mass is 9.92. The molecule has 0 spiro atoms. The molecule has 94 valence electrons. The molecular weight excluding hydrogens is 258 g/mol. The third-order valence-electron chi connectivity index (χ3n) is 3.59. The van der Waals surface area contributed by atoms with E-state index in [-0.39, 0.29) is 28.2 Å². The third-order valence-corrected chi connectivity index (χ3v) is 5.51. The van der Waals surface area contributed by atoms with Gasteiger partial charge in [0.05, 0.1) is 0 Å². The van der Waals surface area contributed by atoms with Crippen LogP contribution in [0.2, 0.25) is 0 Å². The number of thiocarbonyl (C=S) groups is 1. The van der Waals surface area contributed by atoms with Crippen molar-refractivity contribution in [2.45, 2.75) is 43.9 Å². The summed E-state index contributed by atoms with van der Waals surface area (Å²) >= 11 is 6.60. The highest BCUT2D eigenvalue weighted by atomic mass is 32.2. The first-order chi connectivity index (χ1) is 8.04. The third kappa shape index (κ3) is 1.82. The number of unbranched alkanes of at least 4 members (excludes halogenated alkanes) is 2. The topological polar surface area (TPSA) is 54.4 Å². The predicted molar refractivity (Wildman–Crippen MR) is 69.7 cm³/mol. The van der Waals surface area contributed by atoms with Crippen LogP contribution in [0.5, 0.6) is 0 Å². The number of quaternary nitrogens is 1. The molecule has 2 bridgehead atoms. The molecule has 3 fully saturated rings. The fourth-order valence-electron chi connectivity index (χ4n) is 2.71. The number of rotatable bonds is 6. The van der Waals surface area contributed by atoms with Crippen molar-refractivity contribution in [1.82, 2.24) is 0 Å². The van der Waals surface area contributed by atoms with Crippen LogP contribution in [-0.4, -0.2) is 43.6 Å². The maximum Gasteiger partial charge on any atom is 0.360 e. The highest BCUT2D eigenvalue weighted by Gasteiger charge is 2.74. The first-order valence-corrected chi connectivity index (χ1v) is 7.18. The Hall–Kier alpha value is -0.460. The van der Waals surface area contributed by atoms with Crippen LogP contribution < -0.4 is 0 Å². The normalized spacial score (nSPS) is 34.9. The minimum atomic E-state index is -0.942. The van der Waals surface area contributed by atoms with Crippen LogP contribution in [0, 0.1) is 0 Å². The number of fused-ring (bicyclic) bond motifs is 1. The van der Waals surface area contributed by atoms with Crippen molar-refractivity contribution in [2.75, 3.05) is 6.54 Å². The lowest BCUT2D eigenvalue weighted by molar-refractivity contribution is -0.802. The van der Waals surface area contributed by atoms with Gasteiger partial charge in [-0.15, -0.1) is 0 Å². The largest absolute Gasteiger partial charge is 0.477 e. The summed E-state index contributed by atoms with van der Waals surface area (Å²) in [6.07, 6.45) is 4.21. The minimum Gasteiger partial charge on any atom is -0.477 e. The molecule has 3 unspecified atom stereocenters. The van der Waals surface area contributed by atoms with Crippen molar-refractivity contribution >= 4 is 40.2 Å². The zero-order valence-electron chi connectivity index (χ0n) is 9.72. The molecule has 0 saturated carbocycles. The SMILES string of the molecule is CCCCCC1C2SC(=S)[N+]1(CC(=O)O)C2=O. The Kier molecular flexibility index (Phi) is 3.56. The summed E-state index contributed by atoms with van der Waals surface area (Å²) in [7, 11) is 0. The standard InChI is InChI=1S/C11H15NO3S2/c1-2-3-4-5-7-9-10(15)12(7,6-8(13)14)11(16)17-9/h7,9H,2-6H2,1H3/p+1. The number of hydrogen-bond acceptors (Lipinski definition) is 4. The van der Waals surface area contributed by atoms with Gasteiger partial charge in [-0.05, 0) is 30.4 Å². The first-order valence-electron chi connectivity index (χ1n) is 5.89. The zero-order chi connectivity index (χ0) is 12.6. The lowest BCUT2D eigenvalue weighted by Gasteiger charge is -2.43. The molecule has 0 radical (unpaired) electrons. The van der Waals surface area contributed by atoms with E-state index in [4.69, 9.17) is 17.3 Å². The molecule has 1 amide bonds. The molecule has 1 N–H and O–H groups in total. The fraction of sp³-hybridized carbons (Fsp3) is 0.727. The molecule has 17 heavy (non-hydrogen) atoms. The summed E-state index contributed by atoms with van der Waals surface area (Å²) in [6, 6.07) is 0.114. The molecule has 3 saturated heterocycles. The average molecular weight is 274 g/mol. The van der Waals surface area contributed by atoms with Gasteiger partial charge in [0.2, 0.25) is 4.32 Å². The zero-order valence-corrected chi connectivity index (χ0v) is 11.4. The molecular formula is C11H16NO3S2+. The van der Waals surface area contributed by atoms with Gasteiger partial charge < -0.3 is 5.11 Å². The van der Waals surface area contributed by atoms with E-state index in [1.165, 1.54) is 11.8 Å². The Morgan fingerprint density at radius 2 is 2.24 bits per heavy atom. The van der Waals surface area contributed by atoms with Crippen LogP contribution in [0.25, 0.3) is 0 Å². The smallest absolute Gasteiger partial charge is 0.360 e. The van der Waals surface area contributed by atoms with Crippen molar-refractivity contribution in [3.63, 3.8) is 0 Å². The highest BCUT2D eigenvalue weighted by molar-refractivity contribution is 8.24. The van der Waals surface area contributed by atoms with Gasteiger partial charge in [-0.1, -0.05) is 19.8 Å². The van der Waals surface area contributed by atoms with Gasteiger partial charge in [-0.3, -0.25) is 0 Å². The van der Waals surface area contributed by atoms with Gasteiger partial charge in [0.15, 0.2) is 11.8 Å². The second-order valence-corrected chi connectivity index (χ2v) is 6.40. The molecule has 3 rings (SSSR count). The van der Waals surface area contributed by atoms with Crippen LogP contribution in [0.1, 0.15) is 32.6 Å². The fourth-order valence-corrected chi connectivity index (χ4v) is 4.80. The summed E-state index contributed by atoms with van der Waals surface area (Å²) in [5.41, 5.74) is 0. The second kappa shape index (κ2) is 4.66. The van der Waals surface area contributed by atoms with Crippen LogP contribution in [0.3, 0.4) is 0 Å². The molecule has 0 aliphatic carbocycles. The Balaban J connectivity index is 2.10. The molecule has 0 aromatic rings. The van der Waals surface area contributed by atoms with Gasteiger partial charge in [-0.2, -0.15) is 4.48 Å². The number of aliphatic carboxylic acids is 1. The summed E-state index contributed by atoms with van der Waals surface area (Å²) in [4.78, 5) is 22.9. The van der Waals surface area contributed by atoms with Crippen LogP contribution in [-0.2, 0) is 9.59 Å².